The van der Waals surface area contributed by atoms with Gasteiger partial charge in [-0.25, -0.2) is 9.97 Å². The van der Waals surface area contributed by atoms with Crippen LogP contribution in [-0.2, 0) is 4.74 Å². The lowest BCUT2D eigenvalue weighted by Crippen LogP contribution is -2.30. The minimum atomic E-state index is 0.216. The number of hydrogen-bond donors (Lipinski definition) is 2. The molecule has 6 heteroatoms. The van der Waals surface area contributed by atoms with Gasteiger partial charge in [-0.2, -0.15) is 0 Å². The Kier molecular flexibility index (Phi) is 3.60. The summed E-state index contributed by atoms with van der Waals surface area (Å²) in [6.07, 6.45) is 3.92. The SMILES string of the molecule is CC(Nc1ncnc(N)c1Br)C1CCCO1. The van der Waals surface area contributed by atoms with Crippen LogP contribution < -0.4 is 11.1 Å². The van der Waals surface area contributed by atoms with Gasteiger partial charge >= 0.3 is 0 Å². The summed E-state index contributed by atoms with van der Waals surface area (Å²) in [6.45, 7) is 2.94. The highest BCUT2D eigenvalue weighted by Gasteiger charge is 2.23. The zero-order valence-electron chi connectivity index (χ0n) is 9.11. The van der Waals surface area contributed by atoms with E-state index in [1.54, 1.807) is 0 Å². The second-order valence-corrected chi connectivity index (χ2v) is 4.70. The molecule has 1 saturated heterocycles. The van der Waals surface area contributed by atoms with Crippen LogP contribution in [0.4, 0.5) is 11.6 Å². The molecule has 16 heavy (non-hydrogen) atoms. The number of aromatic nitrogens is 2. The molecule has 1 aliphatic rings. The molecule has 1 aliphatic heterocycles. The summed E-state index contributed by atoms with van der Waals surface area (Å²) >= 11 is 3.36. The molecule has 0 aliphatic carbocycles. The first-order chi connectivity index (χ1) is 7.68. The predicted octanol–water partition coefficient (Wildman–Crippen LogP) is 1.80. The molecule has 2 rings (SSSR count). The highest BCUT2D eigenvalue weighted by atomic mass is 79.9. The van der Waals surface area contributed by atoms with E-state index in [0.29, 0.717) is 10.3 Å². The molecule has 2 atom stereocenters. The molecule has 1 aromatic rings. The Hall–Kier alpha value is -0.880. The first kappa shape index (κ1) is 11.6. The lowest BCUT2D eigenvalue weighted by molar-refractivity contribution is 0.0995. The van der Waals surface area contributed by atoms with E-state index in [0.717, 1.165) is 25.3 Å². The molecule has 1 fully saturated rings. The van der Waals surface area contributed by atoms with E-state index >= 15 is 0 Å². The number of nitrogen functional groups attached to an aromatic ring is 1. The standard InChI is InChI=1S/C10H15BrN4O/c1-6(7-3-2-4-16-7)15-10-8(11)9(12)13-5-14-10/h5-7H,2-4H2,1H3,(H3,12,13,14,15). The fourth-order valence-electron chi connectivity index (χ4n) is 1.79. The number of anilines is 2. The van der Waals surface area contributed by atoms with Crippen LogP contribution >= 0.6 is 15.9 Å². The summed E-state index contributed by atoms with van der Waals surface area (Å²) in [7, 11) is 0. The summed E-state index contributed by atoms with van der Waals surface area (Å²) in [6, 6.07) is 0.216. The van der Waals surface area contributed by atoms with E-state index in [2.05, 4.69) is 38.1 Å². The van der Waals surface area contributed by atoms with E-state index in [9.17, 15) is 0 Å². The number of rotatable bonds is 3. The van der Waals surface area contributed by atoms with Crippen molar-refractivity contribution in [2.75, 3.05) is 17.7 Å². The molecule has 2 heterocycles. The topological polar surface area (TPSA) is 73.1 Å². The van der Waals surface area contributed by atoms with Crippen molar-refractivity contribution < 1.29 is 4.74 Å². The first-order valence-corrected chi connectivity index (χ1v) is 6.12. The fraction of sp³-hybridized carbons (Fsp3) is 0.600. The molecular weight excluding hydrogens is 272 g/mol. The molecule has 88 valence electrons. The molecule has 0 amide bonds. The molecule has 0 spiro atoms. The second kappa shape index (κ2) is 4.97. The molecule has 1 aromatic heterocycles. The van der Waals surface area contributed by atoms with Gasteiger partial charge in [0.1, 0.15) is 22.4 Å². The number of halogens is 1. The van der Waals surface area contributed by atoms with E-state index in [1.807, 2.05) is 0 Å². The van der Waals surface area contributed by atoms with E-state index in [-0.39, 0.29) is 12.1 Å². The molecule has 0 aromatic carbocycles. The minimum absolute atomic E-state index is 0.216. The van der Waals surface area contributed by atoms with Crippen molar-refractivity contribution in [2.45, 2.75) is 31.9 Å². The summed E-state index contributed by atoms with van der Waals surface area (Å²) in [5.74, 6) is 1.16. The lowest BCUT2D eigenvalue weighted by Gasteiger charge is -2.21. The molecule has 0 bridgehead atoms. The maximum absolute atomic E-state index is 5.68. The highest BCUT2D eigenvalue weighted by molar-refractivity contribution is 9.10. The fourth-order valence-corrected chi connectivity index (χ4v) is 2.11. The van der Waals surface area contributed by atoms with Gasteiger partial charge in [0.15, 0.2) is 0 Å². The summed E-state index contributed by atoms with van der Waals surface area (Å²) in [5, 5.41) is 3.29. The van der Waals surface area contributed by atoms with Gasteiger partial charge in [-0.15, -0.1) is 0 Å². The highest BCUT2D eigenvalue weighted by Crippen LogP contribution is 2.26. The third kappa shape index (κ3) is 2.44. The smallest absolute Gasteiger partial charge is 0.146 e. The number of ether oxygens (including phenoxy) is 1. The quantitative estimate of drug-likeness (QED) is 0.886. The zero-order valence-corrected chi connectivity index (χ0v) is 10.7. The maximum atomic E-state index is 5.68. The van der Waals surface area contributed by atoms with Gasteiger partial charge in [-0.1, -0.05) is 0 Å². The van der Waals surface area contributed by atoms with Crippen molar-refractivity contribution in [1.29, 1.82) is 0 Å². The Bertz CT molecular complexity index is 368. The van der Waals surface area contributed by atoms with Crippen LogP contribution in [0.1, 0.15) is 19.8 Å². The van der Waals surface area contributed by atoms with Crippen molar-refractivity contribution in [1.82, 2.24) is 9.97 Å². The minimum Gasteiger partial charge on any atom is -0.383 e. The molecule has 5 nitrogen and oxygen atoms in total. The van der Waals surface area contributed by atoms with Crippen molar-refractivity contribution in [3.8, 4) is 0 Å². The van der Waals surface area contributed by atoms with Gasteiger partial charge in [-0.3, -0.25) is 0 Å². The average molecular weight is 287 g/mol. The first-order valence-electron chi connectivity index (χ1n) is 5.32. The van der Waals surface area contributed by atoms with Gasteiger partial charge in [0.2, 0.25) is 0 Å². The van der Waals surface area contributed by atoms with Crippen LogP contribution in [0.15, 0.2) is 10.8 Å². The second-order valence-electron chi connectivity index (χ2n) is 3.91. The van der Waals surface area contributed by atoms with Crippen LogP contribution in [0.2, 0.25) is 0 Å². The van der Waals surface area contributed by atoms with Crippen LogP contribution in [0.5, 0.6) is 0 Å². The van der Waals surface area contributed by atoms with Crippen molar-refractivity contribution in [3.05, 3.63) is 10.8 Å². The van der Waals surface area contributed by atoms with Crippen LogP contribution in [-0.4, -0.2) is 28.7 Å². The number of nitrogens with two attached hydrogens (primary N) is 1. The van der Waals surface area contributed by atoms with Crippen LogP contribution in [0.25, 0.3) is 0 Å². The van der Waals surface area contributed by atoms with Crippen LogP contribution in [0, 0.1) is 0 Å². The van der Waals surface area contributed by atoms with Crippen LogP contribution in [0.3, 0.4) is 0 Å². The molecule has 2 unspecified atom stereocenters. The third-order valence-electron chi connectivity index (χ3n) is 2.70. The lowest BCUT2D eigenvalue weighted by atomic mass is 10.1. The number of nitrogens with one attached hydrogen (secondary N) is 1. The summed E-state index contributed by atoms with van der Waals surface area (Å²) < 4.78 is 6.31. The summed E-state index contributed by atoms with van der Waals surface area (Å²) in [4.78, 5) is 8.04. The largest absolute Gasteiger partial charge is 0.383 e. The predicted molar refractivity (Wildman–Crippen MR) is 66.2 cm³/mol. The Labute approximate surface area is 103 Å². The molecule has 0 radical (unpaired) electrons. The number of nitrogens with zero attached hydrogens (tertiary/aromatic N) is 2. The van der Waals surface area contributed by atoms with Crippen molar-refractivity contribution >= 4 is 27.6 Å². The Morgan fingerprint density at radius 1 is 1.62 bits per heavy atom. The average Bonchev–Trinajstić information content (AvgIpc) is 2.78. The maximum Gasteiger partial charge on any atom is 0.146 e. The van der Waals surface area contributed by atoms with Gasteiger partial charge < -0.3 is 15.8 Å². The monoisotopic (exact) mass is 286 g/mol. The van der Waals surface area contributed by atoms with Crippen molar-refractivity contribution in [3.63, 3.8) is 0 Å². The molecule has 3 N–H and O–H groups in total. The summed E-state index contributed by atoms with van der Waals surface area (Å²) in [5.41, 5.74) is 5.68. The van der Waals surface area contributed by atoms with E-state index in [4.69, 9.17) is 10.5 Å². The Morgan fingerprint density at radius 2 is 2.44 bits per heavy atom. The normalized spacial score (nSPS) is 22.0. The molecular formula is C10H15BrN4O. The molecule has 0 saturated carbocycles. The third-order valence-corrected chi connectivity index (χ3v) is 3.49. The van der Waals surface area contributed by atoms with Gasteiger partial charge in [0.05, 0.1) is 12.1 Å². The van der Waals surface area contributed by atoms with Gasteiger partial charge in [0, 0.05) is 6.61 Å². The van der Waals surface area contributed by atoms with E-state index in [1.165, 1.54) is 6.33 Å². The van der Waals surface area contributed by atoms with Gasteiger partial charge in [0.25, 0.3) is 0 Å². The Morgan fingerprint density at radius 3 is 3.12 bits per heavy atom. The van der Waals surface area contributed by atoms with Crippen molar-refractivity contribution in [2.24, 2.45) is 0 Å². The van der Waals surface area contributed by atoms with E-state index < -0.39 is 0 Å². The Balaban J connectivity index is 2.05. The zero-order chi connectivity index (χ0) is 11.5. The number of hydrogen-bond acceptors (Lipinski definition) is 5. The van der Waals surface area contributed by atoms with Gasteiger partial charge in [-0.05, 0) is 35.7 Å².